The van der Waals surface area contributed by atoms with E-state index in [0.717, 1.165) is 19.3 Å². The molecule has 2 aliphatic carbocycles. The molecule has 96 valence electrons. The average molecular weight is 244 g/mol. The molecule has 0 aromatic carbocycles. The van der Waals surface area contributed by atoms with E-state index in [1.54, 1.807) is 0 Å². The van der Waals surface area contributed by atoms with E-state index >= 15 is 0 Å². The maximum absolute atomic E-state index is 11.7. The highest BCUT2D eigenvalue weighted by molar-refractivity contribution is 5.90. The van der Waals surface area contributed by atoms with Crippen LogP contribution in [-0.4, -0.2) is 12.1 Å². The minimum atomic E-state index is -0.177. The Balaban J connectivity index is 1.83. The summed E-state index contributed by atoms with van der Waals surface area (Å²) in [6.07, 6.45) is 6.46. The molecule has 0 bridgehead atoms. The Labute approximate surface area is 109 Å². The lowest BCUT2D eigenvalue weighted by molar-refractivity contribution is -0.140. The monoisotopic (exact) mass is 244 g/mol. The Kier molecular flexibility index (Phi) is 2.73. The highest BCUT2D eigenvalue weighted by Gasteiger charge is 2.58. The van der Waals surface area contributed by atoms with Crippen molar-refractivity contribution in [2.75, 3.05) is 0 Å². The summed E-state index contributed by atoms with van der Waals surface area (Å²) in [6, 6.07) is 0. The predicted octanol–water partition coefficient (Wildman–Crippen LogP) is 3.08. The summed E-state index contributed by atoms with van der Waals surface area (Å²) in [6.45, 7) is 6.25. The van der Waals surface area contributed by atoms with Gasteiger partial charge in [-0.15, -0.1) is 11.8 Å². The third kappa shape index (κ3) is 1.86. The number of carbonyl (C=O) groups is 1. The number of fused-ring (bicyclic) bond motifs is 3. The van der Waals surface area contributed by atoms with E-state index in [4.69, 9.17) is 4.74 Å². The van der Waals surface area contributed by atoms with Gasteiger partial charge in [0.15, 0.2) is 0 Å². The molecule has 0 radical (unpaired) electrons. The van der Waals surface area contributed by atoms with Crippen molar-refractivity contribution in [3.8, 4) is 11.8 Å². The normalized spacial score (nSPS) is 42.8. The van der Waals surface area contributed by atoms with Crippen LogP contribution in [0.2, 0.25) is 0 Å². The van der Waals surface area contributed by atoms with Gasteiger partial charge in [0.1, 0.15) is 6.10 Å². The van der Waals surface area contributed by atoms with Gasteiger partial charge >= 0.3 is 5.97 Å². The molecule has 0 aromatic heterocycles. The second kappa shape index (κ2) is 4.16. The fourth-order valence-corrected chi connectivity index (χ4v) is 3.56. The van der Waals surface area contributed by atoms with Crippen molar-refractivity contribution in [1.82, 2.24) is 0 Å². The van der Waals surface area contributed by atoms with Gasteiger partial charge in [-0.1, -0.05) is 13.5 Å². The molecule has 1 heterocycles. The second-order valence-corrected chi connectivity index (χ2v) is 6.21. The summed E-state index contributed by atoms with van der Waals surface area (Å²) in [7, 11) is 0. The van der Waals surface area contributed by atoms with Crippen LogP contribution in [0.4, 0.5) is 0 Å². The lowest BCUT2D eigenvalue weighted by atomic mass is 9.86. The first-order valence-electron chi connectivity index (χ1n) is 6.97. The average Bonchev–Trinajstić information content (AvgIpc) is 2.92. The van der Waals surface area contributed by atoms with Crippen molar-refractivity contribution in [3.63, 3.8) is 0 Å². The van der Waals surface area contributed by atoms with Crippen LogP contribution in [0.1, 0.15) is 45.4 Å². The predicted molar refractivity (Wildman–Crippen MR) is 69.6 cm³/mol. The highest BCUT2D eigenvalue weighted by Crippen LogP contribution is 2.61. The molecular weight excluding hydrogens is 224 g/mol. The molecular formula is C16H20O2. The zero-order chi connectivity index (χ0) is 12.8. The summed E-state index contributed by atoms with van der Waals surface area (Å²) >= 11 is 0. The summed E-state index contributed by atoms with van der Waals surface area (Å²) < 4.78 is 5.58. The van der Waals surface area contributed by atoms with Gasteiger partial charge in [0.05, 0.1) is 0 Å². The molecule has 4 atom stereocenters. The molecule has 2 nitrogen and oxygen atoms in total. The first-order valence-corrected chi connectivity index (χ1v) is 6.97. The fraction of sp³-hybridized carbons (Fsp3) is 0.688. The van der Waals surface area contributed by atoms with Crippen LogP contribution in [-0.2, 0) is 9.53 Å². The molecule has 3 aliphatic rings. The van der Waals surface area contributed by atoms with Crippen LogP contribution < -0.4 is 0 Å². The smallest absolute Gasteiger partial charge is 0.334 e. The molecule has 1 saturated heterocycles. The number of hydrogen-bond donors (Lipinski definition) is 0. The van der Waals surface area contributed by atoms with Gasteiger partial charge in [0.2, 0.25) is 0 Å². The summed E-state index contributed by atoms with van der Waals surface area (Å²) in [5.74, 6) is 7.03. The molecule has 0 spiro atoms. The van der Waals surface area contributed by atoms with Crippen molar-refractivity contribution in [2.24, 2.45) is 17.3 Å². The van der Waals surface area contributed by atoms with Crippen LogP contribution in [0.3, 0.4) is 0 Å². The number of rotatable bonds is 0. The Hall–Kier alpha value is -1.23. The van der Waals surface area contributed by atoms with Gasteiger partial charge in [0, 0.05) is 30.3 Å². The molecule has 3 rings (SSSR count). The van der Waals surface area contributed by atoms with Crippen molar-refractivity contribution in [2.45, 2.75) is 51.6 Å². The molecule has 0 amide bonds. The van der Waals surface area contributed by atoms with Crippen molar-refractivity contribution in [1.29, 1.82) is 0 Å². The molecule has 0 N–H and O–H groups in total. The third-order valence-corrected chi connectivity index (χ3v) is 4.92. The lowest BCUT2D eigenvalue weighted by Gasteiger charge is -2.19. The van der Waals surface area contributed by atoms with Crippen LogP contribution in [0.25, 0.3) is 0 Å². The molecule has 0 unspecified atom stereocenters. The first kappa shape index (κ1) is 11.8. The van der Waals surface area contributed by atoms with Gasteiger partial charge in [-0.2, -0.15) is 0 Å². The van der Waals surface area contributed by atoms with Crippen LogP contribution in [0.5, 0.6) is 0 Å². The number of esters is 1. The molecule has 0 aromatic rings. The zero-order valence-electron chi connectivity index (χ0n) is 11.0. The van der Waals surface area contributed by atoms with E-state index in [2.05, 4.69) is 25.3 Å². The highest BCUT2D eigenvalue weighted by atomic mass is 16.6. The van der Waals surface area contributed by atoms with Gasteiger partial charge < -0.3 is 4.74 Å². The van der Waals surface area contributed by atoms with Crippen LogP contribution in [0, 0.1) is 29.1 Å². The standard InChI is InChI=1S/C16H20O2/c1-11-12-8-6-4-3-5-7-9-16(2)10-13(16)14(12)18-15(11)17/h12-14H,1,5-10H2,2H3/t12-,13+,14-,16-/m0/s1. The summed E-state index contributed by atoms with van der Waals surface area (Å²) in [4.78, 5) is 11.7. The Morgan fingerprint density at radius 1 is 1.39 bits per heavy atom. The van der Waals surface area contributed by atoms with Gasteiger partial charge in [-0.3, -0.25) is 0 Å². The topological polar surface area (TPSA) is 26.3 Å². The van der Waals surface area contributed by atoms with Crippen LogP contribution >= 0.6 is 0 Å². The molecule has 2 fully saturated rings. The number of carbonyl (C=O) groups excluding carboxylic acids is 1. The van der Waals surface area contributed by atoms with Gasteiger partial charge in [-0.25, -0.2) is 4.79 Å². The molecule has 2 heteroatoms. The van der Waals surface area contributed by atoms with E-state index in [-0.39, 0.29) is 18.0 Å². The molecule has 1 aliphatic heterocycles. The maximum Gasteiger partial charge on any atom is 0.334 e. The van der Waals surface area contributed by atoms with Crippen LogP contribution in [0.15, 0.2) is 12.2 Å². The molecule has 1 saturated carbocycles. The Bertz CT molecular complexity index is 453. The lowest BCUT2D eigenvalue weighted by Crippen LogP contribution is -2.22. The van der Waals surface area contributed by atoms with E-state index in [1.807, 2.05) is 0 Å². The third-order valence-electron chi connectivity index (χ3n) is 4.92. The first-order chi connectivity index (χ1) is 8.62. The van der Waals surface area contributed by atoms with Crippen molar-refractivity contribution in [3.05, 3.63) is 12.2 Å². The zero-order valence-corrected chi connectivity index (χ0v) is 11.0. The summed E-state index contributed by atoms with van der Waals surface area (Å²) in [5.41, 5.74) is 1.05. The Morgan fingerprint density at radius 3 is 3.00 bits per heavy atom. The minimum Gasteiger partial charge on any atom is -0.458 e. The van der Waals surface area contributed by atoms with E-state index < -0.39 is 0 Å². The molecule has 18 heavy (non-hydrogen) atoms. The van der Waals surface area contributed by atoms with Crippen molar-refractivity contribution >= 4 is 5.97 Å². The quantitative estimate of drug-likeness (QED) is 0.372. The number of ether oxygens (including phenoxy) is 1. The van der Waals surface area contributed by atoms with Gasteiger partial charge in [-0.05, 0) is 31.1 Å². The Morgan fingerprint density at radius 2 is 2.17 bits per heavy atom. The van der Waals surface area contributed by atoms with E-state index in [9.17, 15) is 4.79 Å². The largest absolute Gasteiger partial charge is 0.458 e. The minimum absolute atomic E-state index is 0.0786. The second-order valence-electron chi connectivity index (χ2n) is 6.21. The number of hydrogen-bond acceptors (Lipinski definition) is 2. The summed E-state index contributed by atoms with van der Waals surface area (Å²) in [5, 5.41) is 0. The van der Waals surface area contributed by atoms with Gasteiger partial charge in [0.25, 0.3) is 0 Å². The van der Waals surface area contributed by atoms with Crippen molar-refractivity contribution < 1.29 is 9.53 Å². The SMILES string of the molecule is C=C1C(=O)O[C@@H]2[C@H]3C[C@]3(C)CCCC#CCC[C@@H]12. The maximum atomic E-state index is 11.7. The van der Waals surface area contributed by atoms with E-state index in [1.165, 1.54) is 19.3 Å². The fourth-order valence-electron chi connectivity index (χ4n) is 3.56. The van der Waals surface area contributed by atoms with E-state index in [0.29, 0.717) is 16.9 Å².